The molecule has 3 nitrogen and oxygen atoms in total. The number of ether oxygens (including phenoxy) is 1. The highest BCUT2D eigenvalue weighted by Crippen LogP contribution is 2.25. The van der Waals surface area contributed by atoms with Gasteiger partial charge in [0.1, 0.15) is 5.60 Å². The largest absolute Gasteiger partial charge is 0.444 e. The van der Waals surface area contributed by atoms with Crippen LogP contribution in [0.25, 0.3) is 0 Å². The van der Waals surface area contributed by atoms with Gasteiger partial charge in [0.2, 0.25) is 0 Å². The molecule has 0 aromatic rings. The van der Waals surface area contributed by atoms with Gasteiger partial charge in [-0.1, -0.05) is 34.6 Å². The van der Waals surface area contributed by atoms with Crippen LogP contribution >= 0.6 is 0 Å². The summed E-state index contributed by atoms with van der Waals surface area (Å²) in [7, 11) is 0. The van der Waals surface area contributed by atoms with Crippen molar-refractivity contribution in [2.24, 2.45) is 11.3 Å². The molecule has 0 aliphatic heterocycles. The number of nitrogens with one attached hydrogen (secondary N) is 1. The Balaban J connectivity index is 4.49. The van der Waals surface area contributed by atoms with Gasteiger partial charge in [0.15, 0.2) is 0 Å². The van der Waals surface area contributed by atoms with Crippen molar-refractivity contribution in [3.8, 4) is 0 Å². The van der Waals surface area contributed by atoms with E-state index < -0.39 is 5.60 Å². The fourth-order valence-electron chi connectivity index (χ4n) is 1.82. The first-order valence-corrected chi connectivity index (χ1v) is 5.93. The van der Waals surface area contributed by atoms with E-state index in [1.807, 2.05) is 20.8 Å². The van der Waals surface area contributed by atoms with Crippen LogP contribution in [0.5, 0.6) is 0 Å². The molecular weight excluding hydrogens is 202 g/mol. The van der Waals surface area contributed by atoms with E-state index in [0.717, 1.165) is 0 Å². The molecule has 96 valence electrons. The van der Waals surface area contributed by atoms with Crippen LogP contribution in [-0.2, 0) is 4.74 Å². The van der Waals surface area contributed by atoms with E-state index in [0.29, 0.717) is 5.92 Å². The Kier molecular flexibility index (Phi) is 4.84. The maximum absolute atomic E-state index is 11.7. The Morgan fingerprint density at radius 3 is 1.75 bits per heavy atom. The summed E-state index contributed by atoms with van der Waals surface area (Å²) in [6.07, 6.45) is -0.332. The molecule has 0 saturated carbocycles. The molecule has 0 aromatic carbocycles. The van der Waals surface area contributed by atoms with E-state index in [1.165, 1.54) is 0 Å². The van der Waals surface area contributed by atoms with Gasteiger partial charge in [-0.3, -0.25) is 0 Å². The highest BCUT2D eigenvalue weighted by molar-refractivity contribution is 5.68. The summed E-state index contributed by atoms with van der Waals surface area (Å²) in [5.74, 6) is 0.382. The number of hydrogen-bond donors (Lipinski definition) is 1. The van der Waals surface area contributed by atoms with Gasteiger partial charge in [0.25, 0.3) is 0 Å². The maximum atomic E-state index is 11.7. The van der Waals surface area contributed by atoms with Gasteiger partial charge >= 0.3 is 6.09 Å². The molecule has 0 aliphatic carbocycles. The van der Waals surface area contributed by atoms with Gasteiger partial charge in [-0.05, 0) is 32.1 Å². The van der Waals surface area contributed by atoms with Gasteiger partial charge in [0.05, 0.1) is 0 Å². The van der Waals surface area contributed by atoms with Gasteiger partial charge in [0, 0.05) is 6.04 Å². The third kappa shape index (κ3) is 5.99. The Hall–Kier alpha value is -0.730. The van der Waals surface area contributed by atoms with Crippen molar-refractivity contribution in [1.82, 2.24) is 5.32 Å². The molecule has 1 N–H and O–H groups in total. The number of hydrogen-bond acceptors (Lipinski definition) is 2. The van der Waals surface area contributed by atoms with Crippen molar-refractivity contribution in [3.05, 3.63) is 0 Å². The quantitative estimate of drug-likeness (QED) is 0.786. The second-order valence-corrected chi connectivity index (χ2v) is 6.73. The zero-order valence-corrected chi connectivity index (χ0v) is 12.0. The van der Waals surface area contributed by atoms with Gasteiger partial charge < -0.3 is 10.1 Å². The Morgan fingerprint density at radius 1 is 1.06 bits per heavy atom. The van der Waals surface area contributed by atoms with E-state index in [1.54, 1.807) is 0 Å². The fraction of sp³-hybridized carbons (Fsp3) is 0.923. The molecular formula is C13H27NO2. The summed E-state index contributed by atoms with van der Waals surface area (Å²) in [4.78, 5) is 11.7. The first kappa shape index (κ1) is 15.3. The van der Waals surface area contributed by atoms with Crippen LogP contribution in [0.2, 0.25) is 0 Å². The van der Waals surface area contributed by atoms with Crippen molar-refractivity contribution in [2.75, 3.05) is 0 Å². The van der Waals surface area contributed by atoms with Gasteiger partial charge in [-0.25, -0.2) is 4.79 Å². The standard InChI is InChI=1S/C13H27NO2/c1-9(2)10(12(3,4)5)14-11(15)16-13(6,7)8/h9-10H,1-8H3,(H,14,15)/t10-/m0/s1. The highest BCUT2D eigenvalue weighted by Gasteiger charge is 2.30. The molecule has 0 saturated heterocycles. The van der Waals surface area contributed by atoms with Crippen LogP contribution in [0.1, 0.15) is 55.4 Å². The first-order valence-electron chi connectivity index (χ1n) is 5.93. The molecule has 0 aliphatic rings. The van der Waals surface area contributed by atoms with Crippen molar-refractivity contribution in [3.63, 3.8) is 0 Å². The zero-order chi connectivity index (χ0) is 13.1. The summed E-state index contributed by atoms with van der Waals surface area (Å²) in [5.41, 5.74) is -0.408. The fourth-order valence-corrected chi connectivity index (χ4v) is 1.82. The molecule has 0 rings (SSSR count). The van der Waals surface area contributed by atoms with Crippen LogP contribution in [0.3, 0.4) is 0 Å². The molecule has 1 amide bonds. The summed E-state index contributed by atoms with van der Waals surface area (Å²) < 4.78 is 5.26. The minimum Gasteiger partial charge on any atom is -0.444 e. The second kappa shape index (κ2) is 5.07. The first-order chi connectivity index (χ1) is 6.93. The van der Waals surface area contributed by atoms with Crippen molar-refractivity contribution >= 4 is 6.09 Å². The molecule has 0 fully saturated rings. The van der Waals surface area contributed by atoms with Gasteiger partial charge in [-0.15, -0.1) is 0 Å². The molecule has 0 heterocycles. The van der Waals surface area contributed by atoms with Crippen LogP contribution in [0, 0.1) is 11.3 Å². The van der Waals surface area contributed by atoms with Crippen molar-refractivity contribution < 1.29 is 9.53 Å². The molecule has 0 aromatic heterocycles. The van der Waals surface area contributed by atoms with Crippen LogP contribution < -0.4 is 5.32 Å². The molecule has 0 unspecified atom stereocenters. The third-order valence-corrected chi connectivity index (χ3v) is 2.27. The third-order valence-electron chi connectivity index (χ3n) is 2.27. The van der Waals surface area contributed by atoms with Crippen molar-refractivity contribution in [1.29, 1.82) is 0 Å². The lowest BCUT2D eigenvalue weighted by atomic mass is 9.80. The zero-order valence-electron chi connectivity index (χ0n) is 12.0. The average molecular weight is 229 g/mol. The summed E-state index contributed by atoms with van der Waals surface area (Å²) in [6.45, 7) is 16.2. The number of carbonyl (C=O) groups is 1. The lowest BCUT2D eigenvalue weighted by Crippen LogP contribution is -2.48. The predicted molar refractivity (Wildman–Crippen MR) is 67.5 cm³/mol. The number of rotatable bonds is 2. The molecule has 3 heteroatoms. The van der Waals surface area contributed by atoms with Crippen LogP contribution in [0.4, 0.5) is 4.79 Å². The Bertz CT molecular complexity index is 233. The SMILES string of the molecule is CC(C)[C@H](NC(=O)OC(C)(C)C)C(C)(C)C. The molecule has 1 atom stereocenters. The smallest absolute Gasteiger partial charge is 0.407 e. The van der Waals surface area contributed by atoms with E-state index in [9.17, 15) is 4.79 Å². The normalized spacial score (nSPS) is 14.8. The topological polar surface area (TPSA) is 38.3 Å². The Labute approximate surface area is 99.9 Å². The van der Waals surface area contributed by atoms with Crippen LogP contribution in [-0.4, -0.2) is 17.7 Å². The Morgan fingerprint density at radius 2 is 1.50 bits per heavy atom. The van der Waals surface area contributed by atoms with Gasteiger partial charge in [-0.2, -0.15) is 0 Å². The van der Waals surface area contributed by atoms with E-state index in [2.05, 4.69) is 39.9 Å². The lowest BCUT2D eigenvalue weighted by Gasteiger charge is -2.35. The number of carbonyl (C=O) groups excluding carboxylic acids is 1. The van der Waals surface area contributed by atoms with Crippen LogP contribution in [0.15, 0.2) is 0 Å². The highest BCUT2D eigenvalue weighted by atomic mass is 16.6. The maximum Gasteiger partial charge on any atom is 0.407 e. The summed E-state index contributed by atoms with van der Waals surface area (Å²) >= 11 is 0. The minimum absolute atomic E-state index is 0.0328. The summed E-state index contributed by atoms with van der Waals surface area (Å²) in [5, 5.41) is 2.95. The minimum atomic E-state index is -0.441. The second-order valence-electron chi connectivity index (χ2n) is 6.73. The summed E-state index contributed by atoms with van der Waals surface area (Å²) in [6, 6.07) is 0.113. The number of alkyl carbamates (subject to hydrolysis) is 1. The molecule has 0 radical (unpaired) electrons. The molecule has 0 spiro atoms. The monoisotopic (exact) mass is 229 g/mol. The van der Waals surface area contributed by atoms with E-state index >= 15 is 0 Å². The number of amides is 1. The lowest BCUT2D eigenvalue weighted by molar-refractivity contribution is 0.0435. The van der Waals surface area contributed by atoms with E-state index in [4.69, 9.17) is 4.74 Å². The van der Waals surface area contributed by atoms with E-state index in [-0.39, 0.29) is 17.6 Å². The molecule has 0 bridgehead atoms. The molecule has 16 heavy (non-hydrogen) atoms. The van der Waals surface area contributed by atoms with Crippen molar-refractivity contribution in [2.45, 2.75) is 67.0 Å². The predicted octanol–water partition coefficient (Wildman–Crippen LogP) is 3.58. The average Bonchev–Trinajstić information content (AvgIpc) is 1.93.